The van der Waals surface area contributed by atoms with Crippen LogP contribution in [0, 0.1) is 0 Å². The highest BCUT2D eigenvalue weighted by atomic mass is 19.3. The molecule has 0 bridgehead atoms. The molecule has 0 fully saturated rings. The molecule has 0 amide bonds. The molecular formula is C17H13F2N3O3. The lowest BCUT2D eigenvalue weighted by molar-refractivity contribution is -0.137. The van der Waals surface area contributed by atoms with Crippen LogP contribution in [0.25, 0.3) is 22.8 Å². The van der Waals surface area contributed by atoms with Gasteiger partial charge in [0, 0.05) is 11.1 Å². The minimum atomic E-state index is -2.90. The molecule has 3 rings (SSSR count). The number of rotatable bonds is 6. The Bertz CT molecular complexity index is 865. The fraction of sp³-hybridized carbons (Fsp3) is 0.118. The monoisotopic (exact) mass is 345 g/mol. The van der Waals surface area contributed by atoms with Gasteiger partial charge >= 0.3 is 12.6 Å². The summed E-state index contributed by atoms with van der Waals surface area (Å²) in [5, 5.41) is 13.3. The highest BCUT2D eigenvalue weighted by Gasteiger charge is 2.15. The highest BCUT2D eigenvalue weighted by molar-refractivity contribution is 5.69. The third kappa shape index (κ3) is 3.97. The molecule has 1 heterocycles. The molecule has 128 valence electrons. The lowest BCUT2D eigenvalue weighted by Crippen LogP contribution is -2.11. The van der Waals surface area contributed by atoms with E-state index in [2.05, 4.69) is 14.8 Å². The summed E-state index contributed by atoms with van der Waals surface area (Å²) < 4.78 is 30.0. The van der Waals surface area contributed by atoms with Crippen LogP contribution < -0.4 is 4.74 Å². The van der Waals surface area contributed by atoms with Crippen molar-refractivity contribution in [3.05, 3.63) is 54.6 Å². The second-order valence-corrected chi connectivity index (χ2v) is 5.08. The van der Waals surface area contributed by atoms with Crippen molar-refractivity contribution in [2.24, 2.45) is 0 Å². The second-order valence-electron chi connectivity index (χ2n) is 5.08. The van der Waals surface area contributed by atoms with E-state index in [1.165, 1.54) is 28.9 Å². The van der Waals surface area contributed by atoms with Gasteiger partial charge in [-0.25, -0.2) is 9.67 Å². The predicted molar refractivity (Wildman–Crippen MR) is 85.2 cm³/mol. The van der Waals surface area contributed by atoms with Gasteiger partial charge in [-0.3, -0.25) is 4.79 Å². The Morgan fingerprint density at radius 3 is 2.36 bits per heavy atom. The maximum Gasteiger partial charge on any atom is 0.387 e. The zero-order chi connectivity index (χ0) is 17.8. The molecule has 3 aromatic rings. The first kappa shape index (κ1) is 16.6. The Kier molecular flexibility index (Phi) is 4.69. The van der Waals surface area contributed by atoms with Crippen LogP contribution in [0.15, 0.2) is 54.6 Å². The average Bonchev–Trinajstić information content (AvgIpc) is 2.99. The van der Waals surface area contributed by atoms with E-state index < -0.39 is 12.6 Å². The first-order valence-electron chi connectivity index (χ1n) is 7.30. The number of nitrogens with zero attached hydrogens (tertiary/aromatic N) is 3. The van der Waals surface area contributed by atoms with Crippen LogP contribution in [-0.2, 0) is 11.3 Å². The van der Waals surface area contributed by atoms with Gasteiger partial charge in [-0.2, -0.15) is 8.78 Å². The van der Waals surface area contributed by atoms with Crippen LogP contribution in [0.4, 0.5) is 8.78 Å². The van der Waals surface area contributed by atoms with Crippen molar-refractivity contribution in [3.63, 3.8) is 0 Å². The summed E-state index contributed by atoms with van der Waals surface area (Å²) >= 11 is 0. The quantitative estimate of drug-likeness (QED) is 0.742. The van der Waals surface area contributed by atoms with E-state index in [4.69, 9.17) is 5.11 Å². The van der Waals surface area contributed by atoms with Crippen LogP contribution in [0.5, 0.6) is 5.75 Å². The second kappa shape index (κ2) is 7.08. The van der Waals surface area contributed by atoms with Crippen molar-refractivity contribution in [1.82, 2.24) is 14.8 Å². The standard InChI is InChI=1S/C17H13F2N3O3/c18-17(19)25-13-8-6-11(7-9-13)15-20-16(12-4-2-1-3-5-12)22(21-15)10-14(23)24/h1-9,17H,10H2,(H,23,24). The maximum absolute atomic E-state index is 12.2. The van der Waals surface area contributed by atoms with Crippen molar-refractivity contribution in [3.8, 4) is 28.5 Å². The molecule has 0 saturated heterocycles. The normalized spacial score (nSPS) is 10.8. The number of carbonyl (C=O) groups is 1. The molecule has 0 aliphatic carbocycles. The number of alkyl halides is 2. The summed E-state index contributed by atoms with van der Waals surface area (Å²) in [6.45, 7) is -3.24. The number of carboxylic acid groups (broad SMARTS) is 1. The number of aliphatic carboxylic acids is 1. The minimum Gasteiger partial charge on any atom is -0.480 e. The van der Waals surface area contributed by atoms with Crippen molar-refractivity contribution in [1.29, 1.82) is 0 Å². The molecule has 0 radical (unpaired) electrons. The Labute approximate surface area is 141 Å². The van der Waals surface area contributed by atoms with E-state index >= 15 is 0 Å². The van der Waals surface area contributed by atoms with Gasteiger partial charge in [0.15, 0.2) is 11.6 Å². The third-order valence-corrected chi connectivity index (χ3v) is 3.33. The first-order valence-corrected chi connectivity index (χ1v) is 7.30. The Hall–Kier alpha value is -3.29. The molecule has 0 spiro atoms. The topological polar surface area (TPSA) is 77.2 Å². The summed E-state index contributed by atoms with van der Waals surface area (Å²) in [5.74, 6) is -0.323. The van der Waals surface area contributed by atoms with Crippen molar-refractivity contribution in [2.45, 2.75) is 13.2 Å². The van der Waals surface area contributed by atoms with E-state index in [0.717, 1.165) is 5.56 Å². The molecule has 2 aromatic carbocycles. The SMILES string of the molecule is O=C(O)Cn1nc(-c2ccc(OC(F)F)cc2)nc1-c1ccccc1. The minimum absolute atomic E-state index is 0.0204. The molecule has 1 N–H and O–H groups in total. The highest BCUT2D eigenvalue weighted by Crippen LogP contribution is 2.24. The van der Waals surface area contributed by atoms with Crippen molar-refractivity contribution >= 4 is 5.97 Å². The summed E-state index contributed by atoms with van der Waals surface area (Å²) in [7, 11) is 0. The van der Waals surface area contributed by atoms with Crippen LogP contribution in [0.3, 0.4) is 0 Å². The number of ether oxygens (including phenoxy) is 1. The fourth-order valence-electron chi connectivity index (χ4n) is 2.29. The van der Waals surface area contributed by atoms with Gasteiger partial charge in [-0.05, 0) is 24.3 Å². The average molecular weight is 345 g/mol. The van der Waals surface area contributed by atoms with Crippen molar-refractivity contribution in [2.75, 3.05) is 0 Å². The Balaban J connectivity index is 1.97. The number of halogens is 2. The van der Waals surface area contributed by atoms with Crippen LogP contribution in [0.1, 0.15) is 0 Å². The van der Waals surface area contributed by atoms with Gasteiger partial charge in [0.05, 0.1) is 0 Å². The largest absolute Gasteiger partial charge is 0.480 e. The van der Waals surface area contributed by atoms with E-state index in [9.17, 15) is 13.6 Å². The predicted octanol–water partition coefficient (Wildman–Crippen LogP) is 3.30. The molecule has 0 aliphatic heterocycles. The summed E-state index contributed by atoms with van der Waals surface area (Å²) in [6.07, 6.45) is 0. The Morgan fingerprint density at radius 1 is 1.08 bits per heavy atom. The number of hydrogen-bond acceptors (Lipinski definition) is 4. The van der Waals surface area contributed by atoms with Crippen molar-refractivity contribution < 1.29 is 23.4 Å². The molecule has 0 unspecified atom stereocenters. The molecule has 0 atom stereocenters. The van der Waals surface area contributed by atoms with E-state index in [0.29, 0.717) is 17.2 Å². The third-order valence-electron chi connectivity index (χ3n) is 3.33. The summed E-state index contributed by atoms with van der Waals surface area (Å²) in [5.41, 5.74) is 1.28. The molecule has 8 heteroatoms. The molecule has 1 aromatic heterocycles. The van der Waals surface area contributed by atoms with Crippen LogP contribution in [-0.4, -0.2) is 32.5 Å². The molecular weight excluding hydrogens is 332 g/mol. The lowest BCUT2D eigenvalue weighted by Gasteiger charge is -2.03. The van der Waals surface area contributed by atoms with Gasteiger partial charge in [0.25, 0.3) is 0 Å². The van der Waals surface area contributed by atoms with Crippen LogP contribution >= 0.6 is 0 Å². The van der Waals surface area contributed by atoms with Crippen LogP contribution in [0.2, 0.25) is 0 Å². The van der Waals surface area contributed by atoms with E-state index in [1.807, 2.05) is 18.2 Å². The Morgan fingerprint density at radius 2 is 1.76 bits per heavy atom. The molecule has 0 saturated carbocycles. The number of hydrogen-bond donors (Lipinski definition) is 1. The lowest BCUT2D eigenvalue weighted by atomic mass is 10.2. The molecule has 25 heavy (non-hydrogen) atoms. The number of benzene rings is 2. The maximum atomic E-state index is 12.2. The zero-order valence-electron chi connectivity index (χ0n) is 12.8. The number of carboxylic acids is 1. The van der Waals surface area contributed by atoms with Gasteiger partial charge in [-0.15, -0.1) is 5.10 Å². The summed E-state index contributed by atoms with van der Waals surface area (Å²) in [4.78, 5) is 15.5. The van der Waals surface area contributed by atoms with E-state index in [-0.39, 0.29) is 12.3 Å². The van der Waals surface area contributed by atoms with Gasteiger partial charge in [0.2, 0.25) is 0 Å². The van der Waals surface area contributed by atoms with Gasteiger partial charge in [-0.1, -0.05) is 30.3 Å². The van der Waals surface area contributed by atoms with Gasteiger partial charge < -0.3 is 9.84 Å². The fourth-order valence-corrected chi connectivity index (χ4v) is 2.29. The summed E-state index contributed by atoms with van der Waals surface area (Å²) in [6, 6.07) is 14.9. The van der Waals surface area contributed by atoms with E-state index in [1.54, 1.807) is 12.1 Å². The van der Waals surface area contributed by atoms with Gasteiger partial charge in [0.1, 0.15) is 12.3 Å². The number of aromatic nitrogens is 3. The zero-order valence-corrected chi connectivity index (χ0v) is 12.8. The smallest absolute Gasteiger partial charge is 0.387 e. The molecule has 0 aliphatic rings. The molecule has 6 nitrogen and oxygen atoms in total. The first-order chi connectivity index (χ1) is 12.0.